The lowest BCUT2D eigenvalue weighted by Gasteiger charge is -2.40. The molecular formula is C31H30N6O3S. The van der Waals surface area contributed by atoms with Crippen LogP contribution < -0.4 is 4.90 Å². The molecule has 41 heavy (non-hydrogen) atoms. The van der Waals surface area contributed by atoms with E-state index in [1.165, 1.54) is 11.8 Å². The monoisotopic (exact) mass is 566 g/mol. The van der Waals surface area contributed by atoms with E-state index in [1.54, 1.807) is 4.90 Å². The number of hydrogen-bond donors (Lipinski definition) is 0. The zero-order valence-electron chi connectivity index (χ0n) is 22.8. The Kier molecular flexibility index (Phi) is 7.98. The van der Waals surface area contributed by atoms with Crippen LogP contribution in [-0.2, 0) is 29.1 Å². The number of carbonyl (C=O) groups excluding carboxylic acids is 1. The first-order chi connectivity index (χ1) is 20.1. The van der Waals surface area contributed by atoms with Gasteiger partial charge in [0.2, 0.25) is 6.54 Å². The highest BCUT2D eigenvalue weighted by atomic mass is 32.2. The summed E-state index contributed by atoms with van der Waals surface area (Å²) in [5, 5.41) is 2.91. The fraction of sp³-hybridized carbons (Fsp3) is 0.323. The number of piperazine rings is 1. The molecule has 2 aromatic heterocycles. The van der Waals surface area contributed by atoms with Gasteiger partial charge in [-0.1, -0.05) is 66.4 Å². The Morgan fingerprint density at radius 3 is 2.78 bits per heavy atom. The molecule has 4 heterocycles. The molecule has 4 aromatic rings. The number of thioether (sulfide) groups is 1. The van der Waals surface area contributed by atoms with E-state index in [-0.39, 0.29) is 25.3 Å². The number of hydrogen-bond acceptors (Lipinski definition) is 8. The van der Waals surface area contributed by atoms with Crippen LogP contribution in [-0.4, -0.2) is 64.4 Å². The van der Waals surface area contributed by atoms with Crippen molar-refractivity contribution in [1.29, 1.82) is 0 Å². The zero-order chi connectivity index (χ0) is 28.2. The van der Waals surface area contributed by atoms with Crippen molar-refractivity contribution in [2.24, 2.45) is 0 Å². The van der Waals surface area contributed by atoms with Gasteiger partial charge in [0.25, 0.3) is 0 Å². The molecule has 2 atom stereocenters. The standard InChI is InChI=1S/C31H30N6O3S/c1-32-16-23-18-36(12-13-37(23)31(38)40-19-21-8-4-3-5-9-21)29-26-20-39-28(14-27(26)34-30(35-29)41-2)25-17-33-15-22-10-6-7-11-24(22)25/h3-11,15,17,23,28H,12-14,16,18-20H2,2H3/t23-,28?/m0/s1. The molecule has 0 radical (unpaired) electrons. The average Bonchev–Trinajstić information content (AvgIpc) is 3.03. The van der Waals surface area contributed by atoms with E-state index >= 15 is 0 Å². The Morgan fingerprint density at radius 2 is 1.95 bits per heavy atom. The highest BCUT2D eigenvalue weighted by Gasteiger charge is 2.36. The van der Waals surface area contributed by atoms with Gasteiger partial charge >= 0.3 is 6.09 Å². The molecule has 0 saturated carbocycles. The Balaban J connectivity index is 1.22. The number of anilines is 1. The number of amides is 1. The lowest BCUT2D eigenvalue weighted by molar-refractivity contribution is 0.0263. The van der Waals surface area contributed by atoms with Crippen LogP contribution in [0.15, 0.2) is 72.1 Å². The van der Waals surface area contributed by atoms with Crippen molar-refractivity contribution in [3.05, 3.63) is 101 Å². The van der Waals surface area contributed by atoms with Gasteiger partial charge in [-0.2, -0.15) is 0 Å². The van der Waals surface area contributed by atoms with E-state index < -0.39 is 6.09 Å². The van der Waals surface area contributed by atoms with Crippen LogP contribution in [0, 0.1) is 6.57 Å². The lowest BCUT2D eigenvalue weighted by atomic mass is 9.96. The highest BCUT2D eigenvalue weighted by Crippen LogP contribution is 2.37. The molecule has 1 unspecified atom stereocenters. The quantitative estimate of drug-likeness (QED) is 0.176. The first kappa shape index (κ1) is 27.0. The Hall–Kier alpha value is -4.20. The normalized spacial score (nSPS) is 18.5. The lowest BCUT2D eigenvalue weighted by Crippen LogP contribution is -2.57. The summed E-state index contributed by atoms with van der Waals surface area (Å²) in [6.07, 6.45) is 5.79. The van der Waals surface area contributed by atoms with Gasteiger partial charge < -0.3 is 19.2 Å². The Labute approximate surface area is 243 Å². The molecule has 0 spiro atoms. The van der Waals surface area contributed by atoms with Crippen LogP contribution >= 0.6 is 11.8 Å². The minimum Gasteiger partial charge on any atom is -0.445 e. The van der Waals surface area contributed by atoms with Crippen LogP contribution in [0.5, 0.6) is 0 Å². The molecule has 0 bridgehead atoms. The number of aromatic nitrogens is 3. The van der Waals surface area contributed by atoms with Gasteiger partial charge in [0.05, 0.1) is 18.4 Å². The molecule has 1 fully saturated rings. The largest absolute Gasteiger partial charge is 0.445 e. The topological polar surface area (TPSA) is 85.0 Å². The number of carbonyl (C=O) groups is 1. The van der Waals surface area contributed by atoms with Gasteiger partial charge in [-0.25, -0.2) is 21.3 Å². The van der Waals surface area contributed by atoms with Crippen molar-refractivity contribution in [3.63, 3.8) is 0 Å². The first-order valence-corrected chi connectivity index (χ1v) is 14.8. The van der Waals surface area contributed by atoms with Crippen LogP contribution in [0.1, 0.15) is 28.5 Å². The van der Waals surface area contributed by atoms with Crippen molar-refractivity contribution in [1.82, 2.24) is 19.9 Å². The molecule has 9 nitrogen and oxygen atoms in total. The number of ether oxygens (including phenoxy) is 2. The minimum absolute atomic E-state index is 0.162. The SMILES string of the molecule is [C-]#[N+]C[C@H]1CN(c2nc(SC)nc3c2COC(c2cncc4ccccc24)C3)CCN1C(=O)OCc1ccccc1. The Bertz CT molecular complexity index is 1590. The van der Waals surface area contributed by atoms with E-state index in [9.17, 15) is 4.79 Å². The fourth-order valence-electron chi connectivity index (χ4n) is 5.53. The second-order valence-corrected chi connectivity index (χ2v) is 10.9. The van der Waals surface area contributed by atoms with Gasteiger partial charge in [0.1, 0.15) is 18.5 Å². The van der Waals surface area contributed by atoms with Crippen LogP contribution in [0.2, 0.25) is 0 Å². The van der Waals surface area contributed by atoms with E-state index in [2.05, 4.69) is 26.9 Å². The maximum absolute atomic E-state index is 13.0. The minimum atomic E-state index is -0.397. The van der Waals surface area contributed by atoms with Crippen molar-refractivity contribution in [3.8, 4) is 0 Å². The number of pyridine rings is 1. The van der Waals surface area contributed by atoms with E-state index in [4.69, 9.17) is 26.0 Å². The summed E-state index contributed by atoms with van der Waals surface area (Å²) in [5.74, 6) is 0.820. The predicted molar refractivity (Wildman–Crippen MR) is 158 cm³/mol. The van der Waals surface area contributed by atoms with Gasteiger partial charge in [0, 0.05) is 55.0 Å². The van der Waals surface area contributed by atoms with Crippen LogP contribution in [0.25, 0.3) is 15.6 Å². The van der Waals surface area contributed by atoms with Crippen molar-refractivity contribution >= 4 is 34.4 Å². The number of rotatable bonds is 6. The third kappa shape index (κ3) is 5.69. The summed E-state index contributed by atoms with van der Waals surface area (Å²) in [6, 6.07) is 17.5. The summed E-state index contributed by atoms with van der Waals surface area (Å²) < 4.78 is 12.0. The molecular weight excluding hydrogens is 536 g/mol. The molecule has 208 valence electrons. The van der Waals surface area contributed by atoms with Gasteiger partial charge in [0.15, 0.2) is 5.16 Å². The Morgan fingerprint density at radius 1 is 1.12 bits per heavy atom. The van der Waals surface area contributed by atoms with Gasteiger partial charge in [-0.3, -0.25) is 9.88 Å². The molecule has 2 aliphatic heterocycles. The fourth-order valence-corrected chi connectivity index (χ4v) is 5.91. The smallest absolute Gasteiger partial charge is 0.410 e. The predicted octanol–water partition coefficient (Wildman–Crippen LogP) is 5.31. The van der Waals surface area contributed by atoms with Crippen molar-refractivity contribution < 1.29 is 14.3 Å². The van der Waals surface area contributed by atoms with Crippen LogP contribution in [0.3, 0.4) is 0 Å². The zero-order valence-corrected chi connectivity index (χ0v) is 23.6. The van der Waals surface area contributed by atoms with Gasteiger partial charge in [-0.05, 0) is 17.2 Å². The number of nitrogens with zero attached hydrogens (tertiary/aromatic N) is 6. The summed E-state index contributed by atoms with van der Waals surface area (Å²) in [5.41, 5.74) is 3.92. The second kappa shape index (κ2) is 12.1. The number of fused-ring (bicyclic) bond motifs is 2. The summed E-state index contributed by atoms with van der Waals surface area (Å²) in [4.78, 5) is 34.7. The van der Waals surface area contributed by atoms with Crippen molar-refractivity contribution in [2.75, 3.05) is 37.3 Å². The molecule has 2 aromatic carbocycles. The molecule has 1 saturated heterocycles. The van der Waals surface area contributed by atoms with E-state index in [0.717, 1.165) is 39.0 Å². The summed E-state index contributed by atoms with van der Waals surface area (Å²) in [6.45, 7) is 9.78. The first-order valence-electron chi connectivity index (χ1n) is 13.6. The maximum atomic E-state index is 13.0. The van der Waals surface area contributed by atoms with Crippen LogP contribution in [0.4, 0.5) is 10.6 Å². The highest BCUT2D eigenvalue weighted by molar-refractivity contribution is 7.98. The average molecular weight is 567 g/mol. The second-order valence-electron chi connectivity index (χ2n) is 10.1. The molecule has 10 heteroatoms. The summed E-state index contributed by atoms with van der Waals surface area (Å²) in [7, 11) is 0. The third-order valence-corrected chi connectivity index (χ3v) is 8.16. The van der Waals surface area contributed by atoms with E-state index in [0.29, 0.717) is 37.8 Å². The molecule has 0 N–H and O–H groups in total. The maximum Gasteiger partial charge on any atom is 0.410 e. The van der Waals surface area contributed by atoms with Gasteiger partial charge in [-0.15, -0.1) is 0 Å². The molecule has 1 amide bonds. The third-order valence-electron chi connectivity index (χ3n) is 7.61. The molecule has 2 aliphatic rings. The van der Waals surface area contributed by atoms with E-state index in [1.807, 2.05) is 61.1 Å². The molecule has 6 rings (SSSR count). The number of benzene rings is 2. The molecule has 0 aliphatic carbocycles. The summed E-state index contributed by atoms with van der Waals surface area (Å²) >= 11 is 1.51. The van der Waals surface area contributed by atoms with Crippen molar-refractivity contribution in [2.45, 2.75) is 36.9 Å².